The molecule has 1 aromatic carbocycles. The summed E-state index contributed by atoms with van der Waals surface area (Å²) in [6.45, 7) is 1.74. The Balaban J connectivity index is 1.94. The van der Waals surface area contributed by atoms with Gasteiger partial charge in [0.2, 0.25) is 5.13 Å². The first-order chi connectivity index (χ1) is 13.5. The van der Waals surface area contributed by atoms with E-state index in [9.17, 15) is 19.8 Å². The summed E-state index contributed by atoms with van der Waals surface area (Å²) in [5.41, 5.74) is 0.848. The summed E-state index contributed by atoms with van der Waals surface area (Å²) in [4.78, 5) is 30.8. The van der Waals surface area contributed by atoms with Gasteiger partial charge in [-0.3, -0.25) is 19.5 Å². The molecule has 1 fully saturated rings. The number of ketones is 1. The first kappa shape index (κ1) is 17.8. The number of Topliss-reactive ketones (excluding diaryl/α,β-unsaturated/α-hetero) is 1. The van der Waals surface area contributed by atoms with E-state index >= 15 is 0 Å². The van der Waals surface area contributed by atoms with E-state index in [2.05, 4.69) is 15.2 Å². The average Bonchev–Trinajstić information content (AvgIpc) is 3.24. The molecule has 1 amide bonds. The number of aryl methyl sites for hydroxylation is 1. The van der Waals surface area contributed by atoms with Crippen LogP contribution in [0.5, 0.6) is 5.75 Å². The van der Waals surface area contributed by atoms with Crippen molar-refractivity contribution in [2.75, 3.05) is 4.90 Å². The number of aliphatic hydroxyl groups is 1. The number of nitrogens with zero attached hydrogens (tertiary/aromatic N) is 4. The zero-order chi connectivity index (χ0) is 19.8. The Bertz CT molecular complexity index is 1090. The Morgan fingerprint density at radius 1 is 1.07 bits per heavy atom. The normalized spacial score (nSPS) is 18.6. The van der Waals surface area contributed by atoms with Crippen LogP contribution in [-0.2, 0) is 9.59 Å². The first-order valence-electron chi connectivity index (χ1n) is 8.28. The lowest BCUT2D eigenvalue weighted by Gasteiger charge is -2.22. The maximum absolute atomic E-state index is 12.8. The summed E-state index contributed by atoms with van der Waals surface area (Å²) in [6.07, 6.45) is 2.96. The third kappa shape index (κ3) is 2.91. The summed E-state index contributed by atoms with van der Waals surface area (Å²) in [7, 11) is 0. The number of aromatic hydroxyl groups is 1. The second-order valence-electron chi connectivity index (χ2n) is 6.10. The third-order valence-corrected chi connectivity index (χ3v) is 5.17. The molecule has 0 bridgehead atoms. The molecular formula is C19H14N4O4S. The van der Waals surface area contributed by atoms with E-state index in [1.54, 1.807) is 31.2 Å². The average molecular weight is 394 g/mol. The van der Waals surface area contributed by atoms with E-state index in [-0.39, 0.29) is 22.2 Å². The smallest absolute Gasteiger partial charge is 0.301 e. The van der Waals surface area contributed by atoms with Crippen LogP contribution in [0.1, 0.15) is 22.2 Å². The molecule has 4 rings (SSSR count). The minimum absolute atomic E-state index is 0.0431. The van der Waals surface area contributed by atoms with Crippen molar-refractivity contribution < 1.29 is 19.8 Å². The first-order valence-corrected chi connectivity index (χ1v) is 9.09. The van der Waals surface area contributed by atoms with Crippen LogP contribution in [0.2, 0.25) is 0 Å². The fourth-order valence-electron chi connectivity index (χ4n) is 3.05. The number of phenolic OH excluding ortho intramolecular Hbond substituents is 1. The molecule has 1 aliphatic rings. The highest BCUT2D eigenvalue weighted by atomic mass is 32.1. The molecule has 3 aromatic rings. The molecule has 9 heteroatoms. The summed E-state index contributed by atoms with van der Waals surface area (Å²) >= 11 is 1.17. The minimum Gasteiger partial charge on any atom is -0.508 e. The molecule has 2 aromatic heterocycles. The quantitative estimate of drug-likeness (QED) is 0.398. The zero-order valence-electron chi connectivity index (χ0n) is 14.6. The van der Waals surface area contributed by atoms with Gasteiger partial charge in [-0.05, 0) is 36.8 Å². The predicted molar refractivity (Wildman–Crippen MR) is 102 cm³/mol. The van der Waals surface area contributed by atoms with Crippen LogP contribution in [0, 0.1) is 6.92 Å². The van der Waals surface area contributed by atoms with E-state index in [1.807, 2.05) is 0 Å². The van der Waals surface area contributed by atoms with E-state index in [1.165, 1.54) is 40.8 Å². The Kier molecular flexibility index (Phi) is 4.36. The number of hydrogen-bond acceptors (Lipinski definition) is 8. The van der Waals surface area contributed by atoms with Gasteiger partial charge in [0.15, 0.2) is 0 Å². The van der Waals surface area contributed by atoms with Crippen LogP contribution in [0.4, 0.5) is 5.13 Å². The topological polar surface area (TPSA) is 117 Å². The highest BCUT2D eigenvalue weighted by molar-refractivity contribution is 7.15. The molecule has 140 valence electrons. The lowest BCUT2D eigenvalue weighted by Crippen LogP contribution is -2.29. The van der Waals surface area contributed by atoms with Crippen molar-refractivity contribution in [3.8, 4) is 5.75 Å². The van der Waals surface area contributed by atoms with Crippen LogP contribution in [0.15, 0.2) is 54.4 Å². The zero-order valence-corrected chi connectivity index (χ0v) is 15.4. The van der Waals surface area contributed by atoms with Gasteiger partial charge in [-0.1, -0.05) is 23.5 Å². The van der Waals surface area contributed by atoms with E-state index < -0.39 is 17.7 Å². The number of carbonyl (C=O) groups excluding carboxylic acids is 2. The SMILES string of the molecule is Cc1nnc(N2C(=O)C(=O)C(=C(O)c3ccncc3)C2c2ccc(O)cc2)s1. The van der Waals surface area contributed by atoms with Gasteiger partial charge in [-0.25, -0.2) is 0 Å². The number of hydrogen-bond donors (Lipinski definition) is 2. The van der Waals surface area contributed by atoms with Crippen LogP contribution >= 0.6 is 11.3 Å². The molecule has 0 radical (unpaired) electrons. The van der Waals surface area contributed by atoms with Crippen molar-refractivity contribution in [3.63, 3.8) is 0 Å². The summed E-state index contributed by atoms with van der Waals surface area (Å²) in [5.74, 6) is -1.88. The summed E-state index contributed by atoms with van der Waals surface area (Å²) in [6, 6.07) is 8.28. The maximum atomic E-state index is 12.8. The van der Waals surface area contributed by atoms with Crippen molar-refractivity contribution in [1.82, 2.24) is 15.2 Å². The molecule has 0 saturated carbocycles. The van der Waals surface area contributed by atoms with Crippen molar-refractivity contribution in [1.29, 1.82) is 0 Å². The Morgan fingerprint density at radius 2 is 1.75 bits per heavy atom. The van der Waals surface area contributed by atoms with Crippen molar-refractivity contribution in [2.24, 2.45) is 0 Å². The predicted octanol–water partition coefficient (Wildman–Crippen LogP) is 2.57. The molecule has 0 spiro atoms. The second-order valence-corrected chi connectivity index (χ2v) is 7.26. The number of amides is 1. The van der Waals surface area contributed by atoms with Crippen LogP contribution < -0.4 is 4.90 Å². The van der Waals surface area contributed by atoms with Crippen molar-refractivity contribution in [3.05, 3.63) is 70.5 Å². The lowest BCUT2D eigenvalue weighted by molar-refractivity contribution is -0.132. The Hall–Kier alpha value is -3.59. The van der Waals surface area contributed by atoms with Gasteiger partial charge in [0.25, 0.3) is 5.78 Å². The van der Waals surface area contributed by atoms with Gasteiger partial charge in [-0.15, -0.1) is 10.2 Å². The van der Waals surface area contributed by atoms with E-state index in [0.29, 0.717) is 16.1 Å². The molecule has 3 heterocycles. The monoisotopic (exact) mass is 394 g/mol. The molecule has 8 nitrogen and oxygen atoms in total. The molecule has 1 aliphatic heterocycles. The lowest BCUT2D eigenvalue weighted by atomic mass is 9.95. The fourth-order valence-corrected chi connectivity index (χ4v) is 3.76. The molecule has 0 aliphatic carbocycles. The van der Waals surface area contributed by atoms with Crippen molar-refractivity contribution in [2.45, 2.75) is 13.0 Å². The molecule has 2 N–H and O–H groups in total. The van der Waals surface area contributed by atoms with Crippen LogP contribution in [-0.4, -0.2) is 37.1 Å². The highest BCUT2D eigenvalue weighted by Crippen LogP contribution is 2.43. The fraction of sp³-hybridized carbons (Fsp3) is 0.105. The summed E-state index contributed by atoms with van der Waals surface area (Å²) < 4.78 is 0. The number of rotatable bonds is 3. The number of carbonyl (C=O) groups is 2. The van der Waals surface area contributed by atoms with Gasteiger partial charge in [-0.2, -0.15) is 0 Å². The number of anilines is 1. The van der Waals surface area contributed by atoms with Gasteiger partial charge >= 0.3 is 5.91 Å². The number of pyridine rings is 1. The standard InChI is InChI=1S/C19H14N4O4S/c1-10-21-22-19(28-10)23-15(11-2-4-13(24)5-3-11)14(17(26)18(23)27)16(25)12-6-8-20-9-7-12/h2-9,15,24-25H,1H3. The molecule has 1 atom stereocenters. The van der Waals surface area contributed by atoms with Gasteiger partial charge in [0.1, 0.15) is 16.5 Å². The molecule has 1 unspecified atom stereocenters. The highest BCUT2D eigenvalue weighted by Gasteiger charge is 2.48. The van der Waals surface area contributed by atoms with Crippen LogP contribution in [0.3, 0.4) is 0 Å². The van der Waals surface area contributed by atoms with Crippen LogP contribution in [0.25, 0.3) is 5.76 Å². The third-order valence-electron chi connectivity index (χ3n) is 4.33. The van der Waals surface area contributed by atoms with E-state index in [0.717, 1.165) is 0 Å². The van der Waals surface area contributed by atoms with E-state index in [4.69, 9.17) is 0 Å². The van der Waals surface area contributed by atoms with Gasteiger partial charge in [0.05, 0.1) is 11.6 Å². The van der Waals surface area contributed by atoms with Crippen molar-refractivity contribution >= 4 is 33.9 Å². The summed E-state index contributed by atoms with van der Waals surface area (Å²) in [5, 5.41) is 29.3. The number of benzene rings is 1. The number of aliphatic hydroxyl groups excluding tert-OH is 1. The Morgan fingerprint density at radius 3 is 2.36 bits per heavy atom. The number of aromatic nitrogens is 3. The van der Waals surface area contributed by atoms with Gasteiger partial charge < -0.3 is 10.2 Å². The molecule has 1 saturated heterocycles. The number of phenols is 1. The largest absolute Gasteiger partial charge is 0.508 e. The maximum Gasteiger partial charge on any atom is 0.301 e. The molecule has 28 heavy (non-hydrogen) atoms. The molecular weight excluding hydrogens is 380 g/mol. The second kappa shape index (κ2) is 6.86. The minimum atomic E-state index is -0.902. The van der Waals surface area contributed by atoms with Gasteiger partial charge in [0, 0.05) is 18.0 Å². The Labute approximate surface area is 163 Å².